The van der Waals surface area contributed by atoms with E-state index >= 15 is 0 Å². The number of fused-ring (bicyclic) bond motifs is 1. The summed E-state index contributed by atoms with van der Waals surface area (Å²) in [5, 5.41) is 0. The minimum Gasteiger partial charge on any atom is -0.493 e. The van der Waals surface area contributed by atoms with Crippen LogP contribution in [0.4, 0.5) is 0 Å². The lowest BCUT2D eigenvalue weighted by atomic mass is 9.84. The van der Waals surface area contributed by atoms with Crippen LogP contribution in [-0.2, 0) is 15.1 Å². The number of carbonyl (C=O) groups excluding carboxylic acids is 1. The number of ether oxygens (including phenoxy) is 3. The molecule has 1 atom stereocenters. The van der Waals surface area contributed by atoms with Crippen molar-refractivity contribution in [1.29, 1.82) is 0 Å². The summed E-state index contributed by atoms with van der Waals surface area (Å²) in [7, 11) is 1.70. The van der Waals surface area contributed by atoms with Gasteiger partial charge in [0.1, 0.15) is 5.75 Å². The second-order valence-corrected chi connectivity index (χ2v) is 6.93. The molecule has 1 aliphatic heterocycles. The van der Waals surface area contributed by atoms with Crippen molar-refractivity contribution < 1.29 is 19.0 Å². The highest BCUT2D eigenvalue weighted by Gasteiger charge is 2.47. The minimum atomic E-state index is -0.841. The summed E-state index contributed by atoms with van der Waals surface area (Å²) < 4.78 is 17.1. The fourth-order valence-corrected chi connectivity index (χ4v) is 3.64. The Hall–Kier alpha value is -2.33. The average Bonchev–Trinajstić information content (AvgIpc) is 2.90. The molecule has 3 rings (SSSR count). The molecule has 0 radical (unpaired) electrons. The first kappa shape index (κ1) is 18.5. The summed E-state index contributed by atoms with van der Waals surface area (Å²) in [5.41, 5.74) is 3.53. The van der Waals surface area contributed by atoms with E-state index in [0.717, 1.165) is 47.5 Å². The predicted octanol–water partition coefficient (Wildman–Crippen LogP) is 4.54. The molecule has 0 aliphatic carbocycles. The van der Waals surface area contributed by atoms with E-state index < -0.39 is 5.60 Å². The van der Waals surface area contributed by atoms with Crippen molar-refractivity contribution in [2.24, 2.45) is 0 Å². The zero-order valence-electron chi connectivity index (χ0n) is 15.9. The predicted molar refractivity (Wildman–Crippen MR) is 101 cm³/mol. The van der Waals surface area contributed by atoms with Gasteiger partial charge < -0.3 is 14.2 Å². The third kappa shape index (κ3) is 3.21. The van der Waals surface area contributed by atoms with Crippen molar-refractivity contribution in [3.63, 3.8) is 0 Å². The molecular weight excluding hydrogens is 328 g/mol. The van der Waals surface area contributed by atoms with Gasteiger partial charge >= 0.3 is 5.97 Å². The Bertz CT molecular complexity index is 798. The molecule has 1 unspecified atom stereocenters. The van der Waals surface area contributed by atoms with Crippen molar-refractivity contribution in [2.45, 2.75) is 39.2 Å². The number of unbranched alkanes of at least 4 members (excludes halogenated alkanes) is 1. The van der Waals surface area contributed by atoms with Gasteiger partial charge in [-0.15, -0.1) is 0 Å². The maximum atomic E-state index is 12.7. The Kier molecular flexibility index (Phi) is 5.33. The molecule has 0 spiro atoms. The van der Waals surface area contributed by atoms with Crippen LogP contribution in [0.15, 0.2) is 36.4 Å². The fourth-order valence-electron chi connectivity index (χ4n) is 3.64. The molecule has 4 heteroatoms. The summed E-state index contributed by atoms with van der Waals surface area (Å²) >= 11 is 0. The van der Waals surface area contributed by atoms with E-state index in [1.54, 1.807) is 7.11 Å². The smallest absolute Gasteiger partial charge is 0.340 e. The zero-order valence-corrected chi connectivity index (χ0v) is 15.9. The van der Waals surface area contributed by atoms with Crippen molar-refractivity contribution in [3.8, 4) is 5.75 Å². The normalized spacial score (nSPS) is 18.5. The molecule has 0 aromatic heterocycles. The van der Waals surface area contributed by atoms with Crippen LogP contribution >= 0.6 is 0 Å². The lowest BCUT2D eigenvalue weighted by molar-refractivity contribution is 0.0173. The lowest BCUT2D eigenvalue weighted by Gasteiger charge is -2.27. The van der Waals surface area contributed by atoms with Gasteiger partial charge in [-0.05, 0) is 50.3 Å². The van der Waals surface area contributed by atoms with Gasteiger partial charge in [-0.1, -0.05) is 36.4 Å². The maximum absolute atomic E-state index is 12.7. The molecule has 138 valence electrons. The zero-order chi connectivity index (χ0) is 18.7. The summed E-state index contributed by atoms with van der Waals surface area (Å²) in [5.74, 6) is 0.480. The maximum Gasteiger partial charge on any atom is 0.340 e. The Morgan fingerprint density at radius 2 is 1.73 bits per heavy atom. The Balaban J connectivity index is 2.03. The van der Waals surface area contributed by atoms with Gasteiger partial charge in [-0.2, -0.15) is 0 Å². The van der Waals surface area contributed by atoms with Crippen LogP contribution in [0.25, 0.3) is 0 Å². The van der Waals surface area contributed by atoms with Crippen molar-refractivity contribution in [3.05, 3.63) is 64.2 Å². The molecule has 0 N–H and O–H groups in total. The highest BCUT2D eigenvalue weighted by atomic mass is 16.6. The van der Waals surface area contributed by atoms with Crippen LogP contribution in [0.1, 0.15) is 52.4 Å². The molecule has 4 nitrogen and oxygen atoms in total. The first-order valence-electron chi connectivity index (χ1n) is 9.04. The number of cyclic esters (lactones) is 1. The molecule has 1 aliphatic rings. The molecule has 2 aromatic rings. The Morgan fingerprint density at radius 1 is 1.04 bits per heavy atom. The van der Waals surface area contributed by atoms with Gasteiger partial charge in [0.25, 0.3) is 0 Å². The summed E-state index contributed by atoms with van der Waals surface area (Å²) in [6.45, 7) is 7.22. The number of aryl methyl sites for hydroxylation is 2. The number of esters is 1. The first-order chi connectivity index (χ1) is 12.5. The molecule has 0 amide bonds. The molecule has 0 bridgehead atoms. The van der Waals surface area contributed by atoms with E-state index in [-0.39, 0.29) is 5.97 Å². The molecule has 0 saturated heterocycles. The minimum absolute atomic E-state index is 0.284. The van der Waals surface area contributed by atoms with Gasteiger partial charge in [-0.25, -0.2) is 4.79 Å². The Labute approximate surface area is 155 Å². The van der Waals surface area contributed by atoms with Crippen LogP contribution in [0.3, 0.4) is 0 Å². The third-order valence-corrected chi connectivity index (χ3v) is 4.95. The summed E-state index contributed by atoms with van der Waals surface area (Å²) in [6.07, 6.45) is 1.84. The van der Waals surface area contributed by atoms with Gasteiger partial charge in [0.05, 0.1) is 17.7 Å². The van der Waals surface area contributed by atoms with Crippen LogP contribution in [0.2, 0.25) is 0 Å². The van der Waals surface area contributed by atoms with E-state index in [4.69, 9.17) is 14.2 Å². The van der Waals surface area contributed by atoms with Crippen molar-refractivity contribution in [1.82, 2.24) is 0 Å². The fraction of sp³-hybridized carbons (Fsp3) is 0.409. The van der Waals surface area contributed by atoms with E-state index in [0.29, 0.717) is 12.2 Å². The second kappa shape index (κ2) is 7.50. The van der Waals surface area contributed by atoms with Crippen LogP contribution in [0.5, 0.6) is 5.75 Å². The van der Waals surface area contributed by atoms with E-state index in [1.165, 1.54) is 0 Å². The van der Waals surface area contributed by atoms with Gasteiger partial charge in [0.15, 0.2) is 5.60 Å². The molecule has 2 aromatic carbocycles. The lowest BCUT2D eigenvalue weighted by Crippen LogP contribution is -2.24. The second-order valence-electron chi connectivity index (χ2n) is 6.93. The molecule has 0 saturated carbocycles. The summed E-state index contributed by atoms with van der Waals surface area (Å²) in [6, 6.07) is 11.9. The number of carbonyl (C=O) groups is 1. The van der Waals surface area contributed by atoms with Crippen molar-refractivity contribution >= 4 is 5.97 Å². The van der Waals surface area contributed by atoms with Crippen LogP contribution in [-0.4, -0.2) is 26.3 Å². The standard InChI is InChI=1S/C22H26O4/c1-15-14-16(2)20(25-13-9-8-12-24-4)19-18(15)21(23)26-22(19,3)17-10-6-5-7-11-17/h5-7,10-11,14H,8-9,12-13H2,1-4H3. The monoisotopic (exact) mass is 354 g/mol. The van der Waals surface area contributed by atoms with E-state index in [9.17, 15) is 4.79 Å². The number of benzene rings is 2. The summed E-state index contributed by atoms with van der Waals surface area (Å²) in [4.78, 5) is 12.7. The van der Waals surface area contributed by atoms with Gasteiger partial charge in [0, 0.05) is 13.7 Å². The molecular formula is C22H26O4. The quantitative estimate of drug-likeness (QED) is 0.541. The third-order valence-electron chi connectivity index (χ3n) is 4.95. The number of methoxy groups -OCH3 is 1. The number of hydrogen-bond acceptors (Lipinski definition) is 4. The Morgan fingerprint density at radius 3 is 2.42 bits per heavy atom. The van der Waals surface area contributed by atoms with Crippen LogP contribution < -0.4 is 4.74 Å². The molecule has 26 heavy (non-hydrogen) atoms. The van der Waals surface area contributed by atoms with E-state index in [2.05, 4.69) is 0 Å². The largest absolute Gasteiger partial charge is 0.493 e. The van der Waals surface area contributed by atoms with Crippen LogP contribution in [0, 0.1) is 13.8 Å². The molecule has 1 heterocycles. The van der Waals surface area contributed by atoms with E-state index in [1.807, 2.05) is 57.2 Å². The first-order valence-corrected chi connectivity index (χ1v) is 9.04. The van der Waals surface area contributed by atoms with Gasteiger partial charge in [0.2, 0.25) is 0 Å². The highest BCUT2D eigenvalue weighted by molar-refractivity contribution is 5.98. The molecule has 0 fully saturated rings. The number of rotatable bonds is 7. The topological polar surface area (TPSA) is 44.8 Å². The SMILES string of the molecule is COCCCCOc1c(C)cc(C)c2c1C(C)(c1ccccc1)OC2=O. The average molecular weight is 354 g/mol. The van der Waals surface area contributed by atoms with Gasteiger partial charge in [-0.3, -0.25) is 0 Å². The highest BCUT2D eigenvalue weighted by Crippen LogP contribution is 2.48. The number of hydrogen-bond donors (Lipinski definition) is 0. The van der Waals surface area contributed by atoms with Crippen molar-refractivity contribution in [2.75, 3.05) is 20.3 Å².